The number of rotatable bonds is 3. The lowest BCUT2D eigenvalue weighted by atomic mass is 10.2. The average molecular weight is 298 g/mol. The smallest absolute Gasteiger partial charge is 0.307 e. The Morgan fingerprint density at radius 3 is 2.64 bits per heavy atom. The van der Waals surface area contributed by atoms with Crippen LogP contribution in [0.4, 0.5) is 16.3 Å². The van der Waals surface area contributed by atoms with Gasteiger partial charge in [-0.25, -0.2) is 9.48 Å². The van der Waals surface area contributed by atoms with Crippen molar-refractivity contribution in [3.63, 3.8) is 0 Å². The molecule has 1 heterocycles. The van der Waals surface area contributed by atoms with Gasteiger partial charge in [0, 0.05) is 11.8 Å². The van der Waals surface area contributed by atoms with Crippen LogP contribution in [0.2, 0.25) is 0 Å². The Morgan fingerprint density at radius 1 is 1.18 bits per heavy atom. The molecule has 1 aliphatic carbocycles. The highest BCUT2D eigenvalue weighted by atomic mass is 16.2. The second-order valence-corrected chi connectivity index (χ2v) is 5.95. The van der Waals surface area contributed by atoms with Crippen LogP contribution in [0.25, 0.3) is 0 Å². The number of aromatic nitrogens is 2. The number of aryl methyl sites for hydroxylation is 2. The van der Waals surface area contributed by atoms with Gasteiger partial charge >= 0.3 is 6.03 Å². The summed E-state index contributed by atoms with van der Waals surface area (Å²) >= 11 is 0. The minimum absolute atomic E-state index is 0.228. The van der Waals surface area contributed by atoms with E-state index >= 15 is 0 Å². The second kappa shape index (κ2) is 6.22. The van der Waals surface area contributed by atoms with Crippen molar-refractivity contribution in [2.75, 3.05) is 10.6 Å². The summed E-state index contributed by atoms with van der Waals surface area (Å²) in [5, 5.41) is 10.4. The minimum Gasteiger partial charge on any atom is -0.307 e. The normalized spacial score (nSPS) is 15.0. The summed E-state index contributed by atoms with van der Waals surface area (Å²) in [6.45, 7) is 3.93. The fourth-order valence-corrected chi connectivity index (χ4v) is 3.02. The number of hydrogen-bond acceptors (Lipinski definition) is 2. The Hall–Kier alpha value is -2.30. The Bertz CT molecular complexity index is 671. The molecule has 2 N–H and O–H groups in total. The first-order chi connectivity index (χ1) is 10.6. The maximum atomic E-state index is 12.2. The van der Waals surface area contributed by atoms with E-state index in [9.17, 15) is 4.79 Å². The third-order valence-electron chi connectivity index (χ3n) is 4.16. The predicted molar refractivity (Wildman–Crippen MR) is 88.3 cm³/mol. The maximum Gasteiger partial charge on any atom is 0.324 e. The van der Waals surface area contributed by atoms with Crippen LogP contribution in [-0.2, 0) is 0 Å². The molecule has 0 unspecified atom stereocenters. The molecule has 3 rings (SSSR count). The number of para-hydroxylation sites is 1. The number of anilines is 2. The molecule has 0 bridgehead atoms. The van der Waals surface area contributed by atoms with Gasteiger partial charge in [-0.2, -0.15) is 5.10 Å². The Balaban J connectivity index is 1.73. The lowest BCUT2D eigenvalue weighted by Crippen LogP contribution is -2.23. The summed E-state index contributed by atoms with van der Waals surface area (Å²) in [4.78, 5) is 12.2. The Morgan fingerprint density at radius 2 is 1.91 bits per heavy atom. The third kappa shape index (κ3) is 3.13. The van der Waals surface area contributed by atoms with Crippen LogP contribution in [0.15, 0.2) is 30.3 Å². The molecule has 116 valence electrons. The van der Waals surface area contributed by atoms with E-state index in [1.54, 1.807) is 0 Å². The summed E-state index contributed by atoms with van der Waals surface area (Å²) < 4.78 is 1.97. The maximum absolute atomic E-state index is 12.2. The van der Waals surface area contributed by atoms with Gasteiger partial charge in [0.15, 0.2) is 0 Å². The van der Waals surface area contributed by atoms with Crippen molar-refractivity contribution in [2.45, 2.75) is 45.6 Å². The third-order valence-corrected chi connectivity index (χ3v) is 4.16. The van der Waals surface area contributed by atoms with Gasteiger partial charge in [-0.05, 0) is 38.3 Å². The Labute approximate surface area is 130 Å². The van der Waals surface area contributed by atoms with E-state index in [4.69, 9.17) is 0 Å². The SMILES string of the molecule is Cc1cc(NC(=O)Nc2ccccc2C)n(C2CCCC2)n1. The summed E-state index contributed by atoms with van der Waals surface area (Å²) in [5.74, 6) is 0.774. The number of nitrogens with one attached hydrogen (secondary N) is 2. The van der Waals surface area contributed by atoms with Crippen molar-refractivity contribution in [3.05, 3.63) is 41.6 Å². The molecule has 5 heteroatoms. The van der Waals surface area contributed by atoms with Gasteiger partial charge in [0.05, 0.1) is 11.7 Å². The standard InChI is InChI=1S/C17H22N4O/c1-12-7-3-6-10-15(12)18-17(22)19-16-11-13(2)20-21(16)14-8-4-5-9-14/h3,6-7,10-11,14H,4-5,8-9H2,1-2H3,(H2,18,19,22). The molecule has 1 fully saturated rings. The molecule has 0 aliphatic heterocycles. The van der Waals surface area contributed by atoms with Crippen LogP contribution in [-0.4, -0.2) is 15.8 Å². The largest absolute Gasteiger partial charge is 0.324 e. The van der Waals surface area contributed by atoms with Gasteiger partial charge in [0.2, 0.25) is 0 Å². The monoisotopic (exact) mass is 298 g/mol. The van der Waals surface area contributed by atoms with E-state index in [0.717, 1.165) is 35.6 Å². The molecular weight excluding hydrogens is 276 g/mol. The summed E-state index contributed by atoms with van der Waals surface area (Å²) in [5.41, 5.74) is 2.79. The first-order valence-corrected chi connectivity index (χ1v) is 7.83. The highest BCUT2D eigenvalue weighted by molar-refractivity contribution is 5.99. The van der Waals surface area contributed by atoms with Gasteiger partial charge in [0.1, 0.15) is 5.82 Å². The van der Waals surface area contributed by atoms with E-state index < -0.39 is 0 Å². The zero-order valence-corrected chi connectivity index (χ0v) is 13.1. The van der Waals surface area contributed by atoms with E-state index in [1.165, 1.54) is 12.8 Å². The van der Waals surface area contributed by atoms with Gasteiger partial charge < -0.3 is 5.32 Å². The number of benzene rings is 1. The fourth-order valence-electron chi connectivity index (χ4n) is 3.02. The predicted octanol–water partition coefficient (Wildman–Crippen LogP) is 4.26. The first-order valence-electron chi connectivity index (χ1n) is 7.83. The second-order valence-electron chi connectivity index (χ2n) is 5.95. The number of urea groups is 1. The van der Waals surface area contributed by atoms with Crippen LogP contribution in [0.1, 0.15) is 43.0 Å². The summed E-state index contributed by atoms with van der Waals surface area (Å²) in [6, 6.07) is 9.84. The molecule has 1 aliphatic rings. The number of hydrogen-bond donors (Lipinski definition) is 2. The van der Waals surface area contributed by atoms with E-state index in [0.29, 0.717) is 6.04 Å². The van der Waals surface area contributed by atoms with Crippen LogP contribution >= 0.6 is 0 Å². The van der Waals surface area contributed by atoms with Crippen molar-refractivity contribution in [2.24, 2.45) is 0 Å². The zero-order chi connectivity index (χ0) is 15.5. The minimum atomic E-state index is -0.228. The van der Waals surface area contributed by atoms with Crippen LogP contribution in [0, 0.1) is 13.8 Å². The van der Waals surface area contributed by atoms with Gasteiger partial charge in [0.25, 0.3) is 0 Å². The number of carbonyl (C=O) groups excluding carboxylic acids is 1. The topological polar surface area (TPSA) is 59.0 Å². The Kier molecular flexibility index (Phi) is 4.13. The number of carbonyl (C=O) groups is 1. The van der Waals surface area contributed by atoms with Crippen LogP contribution in [0.5, 0.6) is 0 Å². The molecule has 1 saturated carbocycles. The molecule has 2 aromatic rings. The average Bonchev–Trinajstić information content (AvgIpc) is 3.11. The van der Waals surface area contributed by atoms with E-state index in [-0.39, 0.29) is 6.03 Å². The molecule has 5 nitrogen and oxygen atoms in total. The lowest BCUT2D eigenvalue weighted by molar-refractivity contribution is 0.262. The van der Waals surface area contributed by atoms with E-state index in [2.05, 4.69) is 15.7 Å². The lowest BCUT2D eigenvalue weighted by Gasteiger charge is -2.15. The highest BCUT2D eigenvalue weighted by Gasteiger charge is 2.21. The van der Waals surface area contributed by atoms with E-state index in [1.807, 2.05) is 48.9 Å². The number of nitrogens with zero attached hydrogens (tertiary/aromatic N) is 2. The van der Waals surface area contributed by atoms with Gasteiger partial charge in [-0.1, -0.05) is 31.0 Å². The molecule has 0 spiro atoms. The molecule has 2 amide bonds. The van der Waals surface area contributed by atoms with Gasteiger partial charge in [-0.15, -0.1) is 0 Å². The van der Waals surface area contributed by atoms with Crippen molar-refractivity contribution in [3.8, 4) is 0 Å². The van der Waals surface area contributed by atoms with Crippen molar-refractivity contribution in [1.82, 2.24) is 9.78 Å². The number of amides is 2. The molecular formula is C17H22N4O. The summed E-state index contributed by atoms with van der Waals surface area (Å²) in [6.07, 6.45) is 4.74. The molecule has 0 atom stereocenters. The molecule has 1 aromatic heterocycles. The van der Waals surface area contributed by atoms with Gasteiger partial charge in [-0.3, -0.25) is 5.32 Å². The van der Waals surface area contributed by atoms with Crippen molar-refractivity contribution < 1.29 is 4.79 Å². The van der Waals surface area contributed by atoms with Crippen LogP contribution in [0.3, 0.4) is 0 Å². The van der Waals surface area contributed by atoms with Crippen molar-refractivity contribution in [1.29, 1.82) is 0 Å². The molecule has 0 saturated heterocycles. The zero-order valence-electron chi connectivity index (χ0n) is 13.1. The highest BCUT2D eigenvalue weighted by Crippen LogP contribution is 2.31. The quantitative estimate of drug-likeness (QED) is 0.889. The molecule has 22 heavy (non-hydrogen) atoms. The molecule has 1 aromatic carbocycles. The molecule has 0 radical (unpaired) electrons. The summed E-state index contributed by atoms with van der Waals surface area (Å²) in [7, 11) is 0. The fraction of sp³-hybridized carbons (Fsp3) is 0.412. The van der Waals surface area contributed by atoms with Crippen LogP contribution < -0.4 is 10.6 Å². The van der Waals surface area contributed by atoms with Crippen molar-refractivity contribution >= 4 is 17.5 Å². The first kappa shape index (κ1) is 14.6.